The molecule has 0 aliphatic heterocycles. The summed E-state index contributed by atoms with van der Waals surface area (Å²) in [7, 11) is 0.574. The van der Waals surface area contributed by atoms with Gasteiger partial charge in [-0.15, -0.1) is 43.7 Å². The van der Waals surface area contributed by atoms with Gasteiger partial charge in [-0.3, -0.25) is 0 Å². The summed E-state index contributed by atoms with van der Waals surface area (Å²) < 4.78 is 588. The Hall–Kier alpha value is -7.20. The van der Waals surface area contributed by atoms with Crippen molar-refractivity contribution >= 4 is 104 Å². The third-order valence-corrected chi connectivity index (χ3v) is 25.8. The Morgan fingerprint density at radius 2 is 0.202 bits per heavy atom. The molecule has 0 aliphatic rings. The first-order valence-electron chi connectivity index (χ1n) is 33.7. The van der Waals surface area contributed by atoms with Crippen molar-refractivity contribution < 1.29 is 196 Å². The van der Waals surface area contributed by atoms with Crippen LogP contribution in [-0.2, 0) is 20.4 Å². The maximum atomic E-state index is 15.4. The molecule has 0 N–H and O–H groups in total. The number of hydrogen-bond donors (Lipinski definition) is 0. The molecule has 52 heteroatoms. The molecule has 0 saturated heterocycles. The second-order valence-electron chi connectivity index (χ2n) is 27.0. The van der Waals surface area contributed by atoms with E-state index in [4.69, 9.17) is 15.8 Å². The van der Waals surface area contributed by atoms with E-state index < -0.39 is 289 Å². The zero-order chi connectivity index (χ0) is 96.5. The van der Waals surface area contributed by atoms with Crippen LogP contribution in [-0.4, -0.2) is 129 Å². The third kappa shape index (κ3) is 24.2. The van der Waals surface area contributed by atoms with E-state index in [1.54, 1.807) is 18.2 Å². The number of nitriles is 3. The summed E-state index contributed by atoms with van der Waals surface area (Å²) >= 11 is 0. The van der Waals surface area contributed by atoms with Crippen LogP contribution in [0.2, 0.25) is 0 Å². The quantitative estimate of drug-likeness (QED) is 0.0300. The SMILES string of the molecule is CC#N.CC#N.CC#N.C[PH+](C)CC[PH+](C)C.C[PH+](C)CC[PH+](C)C.C[PH+](C)CC[PH+](C)C.Fc1c(F)c(F)c([B-](c2c(F)c(F)c(F)c(F)c2F)(c2c(F)c(F)c(F)c(F)c2F)c2c(F)c(F)c(F)c(F)c2F)c(F)c1F.Fc1c(F)c(F)c([B-](c2c(F)c(F)c(F)c(F)c2F)(c2c(F)c(F)c(F)c(F)c2F)c2c(F)c(F)c(F)c(F)c2F)c(F)c1F.[Re]. The number of rotatable bonds is 17. The van der Waals surface area contributed by atoms with Crippen molar-refractivity contribution in [1.29, 1.82) is 15.8 Å². The van der Waals surface area contributed by atoms with Crippen molar-refractivity contribution in [2.24, 2.45) is 0 Å². The average molecular weight is 2120 g/mol. The molecule has 0 saturated carbocycles. The molecule has 0 amide bonds. The molecule has 1 radical (unpaired) electrons. The number of halogens is 40. The molecule has 0 aliphatic carbocycles. The number of hydrogen-bond acceptors (Lipinski definition) is 3. The number of benzene rings is 8. The van der Waals surface area contributed by atoms with E-state index in [2.05, 4.69) is 80.0 Å². The summed E-state index contributed by atoms with van der Waals surface area (Å²) in [6.45, 7) is 33.1. The molecule has 0 spiro atoms. The fraction of sp³-hybridized carbons (Fsp3) is 0.292. The molecule has 8 aromatic carbocycles. The Morgan fingerprint density at radius 1 is 0.153 bits per heavy atom. The second-order valence-corrected chi connectivity index (χ2v) is 44.5. The first kappa shape index (κ1) is 117. The zero-order valence-corrected chi connectivity index (χ0v) is 74.5. The van der Waals surface area contributed by atoms with E-state index in [0.717, 1.165) is 0 Å². The van der Waals surface area contributed by atoms with Crippen LogP contribution in [0.5, 0.6) is 0 Å². The number of nitrogens with zero attached hydrogens (tertiary/aromatic N) is 3. The summed E-state index contributed by atoms with van der Waals surface area (Å²) in [5.74, 6) is -143. The van der Waals surface area contributed by atoms with Crippen LogP contribution in [0.1, 0.15) is 20.8 Å². The first-order valence-corrected chi connectivity index (χ1v) is 49.9. The van der Waals surface area contributed by atoms with Crippen molar-refractivity contribution in [2.75, 3.05) is 117 Å². The Balaban J connectivity index is 0.00000178. The smallest absolute Gasteiger partial charge is 0.200 e. The molecule has 8 aromatic rings. The van der Waals surface area contributed by atoms with E-state index in [-0.39, 0.29) is 68.0 Å². The van der Waals surface area contributed by atoms with E-state index in [9.17, 15) is 105 Å². The standard InChI is InChI=1S/2C24BF20.3C6H16P2.3C2H3N.Re/c2*26-5-1(6(27)14(35)21(42)13(5)34)25(2-7(28)15(36)22(43)16(37)8(2)29,3-9(30)17(38)23(44)18(39)10(3)31)4-11(32)19(40)24(45)20(41)12(4)33;3*1-7(2)5-6-8(3)4;3*1-2-3;/h;;3*5-6H2,1-4H3;3*1H3;/q2*-1;;;;;;;/p+6. The van der Waals surface area contributed by atoms with Gasteiger partial charge in [0.15, 0.2) is 140 Å². The van der Waals surface area contributed by atoms with Crippen molar-refractivity contribution in [2.45, 2.75) is 20.8 Å². The summed E-state index contributed by atoms with van der Waals surface area (Å²) in [5.41, 5.74) is -28.7. The summed E-state index contributed by atoms with van der Waals surface area (Å²) in [4.78, 5) is 0. The van der Waals surface area contributed by atoms with Gasteiger partial charge in [-0.1, -0.05) is 0 Å². The maximum absolute atomic E-state index is 15.4. The summed E-state index contributed by atoms with van der Waals surface area (Å²) in [6, 6.07) is 5.25. The molecule has 3 nitrogen and oxygen atoms in total. The molecular weight excluding hydrogens is 2060 g/mol. The van der Waals surface area contributed by atoms with Gasteiger partial charge in [0.1, 0.15) is 105 Å². The van der Waals surface area contributed by atoms with Gasteiger partial charge in [0.2, 0.25) is 0 Å². The Bertz CT molecular complexity index is 4180. The fourth-order valence-electron chi connectivity index (χ4n) is 11.2. The first-order chi connectivity index (χ1) is 56.5. The van der Waals surface area contributed by atoms with Crippen LogP contribution >= 0.6 is 47.5 Å². The van der Waals surface area contributed by atoms with Gasteiger partial charge in [-0.2, -0.15) is 15.8 Å². The summed E-state index contributed by atoms with van der Waals surface area (Å²) in [6.07, 6.45) is -5.23. The van der Waals surface area contributed by atoms with Crippen molar-refractivity contribution in [3.05, 3.63) is 233 Å². The van der Waals surface area contributed by atoms with Crippen LogP contribution in [0.4, 0.5) is 176 Å². The van der Waals surface area contributed by atoms with Crippen molar-refractivity contribution in [1.82, 2.24) is 0 Å². The molecule has 0 aromatic heterocycles. The van der Waals surface area contributed by atoms with Gasteiger partial charge in [0.05, 0.1) is 55.2 Å². The minimum absolute atomic E-state index is 0. The monoisotopic (exact) mass is 2120 g/mol. The Morgan fingerprint density at radius 3 is 0.250 bits per heavy atom. The van der Waals surface area contributed by atoms with Crippen LogP contribution in [0, 0.1) is 267 Å². The van der Waals surface area contributed by atoms with Gasteiger partial charge >= 0.3 is 0 Å². The van der Waals surface area contributed by atoms with Gasteiger partial charge in [0, 0.05) is 121 Å². The molecule has 124 heavy (non-hydrogen) atoms. The van der Waals surface area contributed by atoms with Gasteiger partial charge in [-0.25, -0.2) is 176 Å². The fourth-order valence-corrected chi connectivity index (χ4v) is 23.2. The largest absolute Gasteiger partial charge is 0.207 e. The minimum Gasteiger partial charge on any atom is -0.207 e. The molecule has 0 bridgehead atoms. The molecule has 685 valence electrons. The zero-order valence-electron chi connectivity index (χ0n) is 65.7. The minimum atomic E-state index is -7.22. The Kier molecular flexibility index (Phi) is 46.5. The molecule has 0 unspecified atom stereocenters. The van der Waals surface area contributed by atoms with Gasteiger partial charge < -0.3 is 0 Å². The Labute approximate surface area is 701 Å². The normalized spacial score (nSPS) is 11.1. The molecule has 8 rings (SSSR count). The third-order valence-electron chi connectivity index (χ3n) is 16.8. The molecule has 0 atom stereocenters. The van der Waals surface area contributed by atoms with Crippen LogP contribution < -0.4 is 43.7 Å². The van der Waals surface area contributed by atoms with E-state index >= 15 is 70.2 Å². The van der Waals surface area contributed by atoms with Crippen molar-refractivity contribution in [3.8, 4) is 18.2 Å². The average Bonchev–Trinajstić information content (AvgIpc) is 0.685. The van der Waals surface area contributed by atoms with Crippen LogP contribution in [0.25, 0.3) is 0 Å². The predicted molar refractivity (Wildman–Crippen MR) is 402 cm³/mol. The topological polar surface area (TPSA) is 71.4 Å². The van der Waals surface area contributed by atoms with E-state index in [1.165, 1.54) is 57.7 Å². The molecular formula is C72H63B2F40N3P6Re+4. The van der Waals surface area contributed by atoms with Crippen LogP contribution in [0.3, 0.4) is 0 Å². The van der Waals surface area contributed by atoms with E-state index in [0.29, 0.717) is 0 Å². The molecule has 0 fully saturated rings. The van der Waals surface area contributed by atoms with Gasteiger partial charge in [-0.05, 0) is 47.5 Å². The molecule has 0 heterocycles. The predicted octanol–water partition coefficient (Wildman–Crippen LogP) is 19.1. The maximum Gasteiger partial charge on any atom is 0.200 e. The van der Waals surface area contributed by atoms with E-state index in [1.807, 2.05) is 0 Å². The van der Waals surface area contributed by atoms with Crippen LogP contribution in [0.15, 0.2) is 0 Å². The second kappa shape index (κ2) is 49.4. The van der Waals surface area contributed by atoms with Crippen molar-refractivity contribution in [3.63, 3.8) is 0 Å². The summed E-state index contributed by atoms with van der Waals surface area (Å²) in [5, 5.41) is 22.0. The van der Waals surface area contributed by atoms with Gasteiger partial charge in [0.25, 0.3) is 0 Å².